The molecule has 4 aromatic carbocycles. The molecule has 2 aliphatic carbocycles. The van der Waals surface area contributed by atoms with Crippen LogP contribution in [0.25, 0.3) is 11.4 Å². The number of para-hydroxylation sites is 1. The number of nitrogens with zero attached hydrogens (tertiary/aromatic N) is 2. The van der Waals surface area contributed by atoms with Crippen molar-refractivity contribution in [1.82, 2.24) is 0 Å². The highest BCUT2D eigenvalue weighted by Crippen LogP contribution is 2.45. The first-order valence-corrected chi connectivity index (χ1v) is 18.0. The van der Waals surface area contributed by atoms with E-state index in [0.717, 1.165) is 6.42 Å². The van der Waals surface area contributed by atoms with Gasteiger partial charge in [-0.25, -0.2) is 0 Å². The van der Waals surface area contributed by atoms with Crippen LogP contribution in [-0.2, 0) is 0 Å². The van der Waals surface area contributed by atoms with Crippen molar-refractivity contribution in [3.63, 3.8) is 0 Å². The molecule has 49 heavy (non-hydrogen) atoms. The molecule has 0 aromatic heterocycles. The van der Waals surface area contributed by atoms with E-state index in [0.29, 0.717) is 11.8 Å². The third-order valence-corrected chi connectivity index (χ3v) is 10.2. The molecule has 0 bridgehead atoms. The third kappa shape index (κ3) is 6.88. The minimum atomic E-state index is 0.0814. The Kier molecular flexibility index (Phi) is 10.2. The summed E-state index contributed by atoms with van der Waals surface area (Å²) in [6.07, 6.45) is 14.9. The van der Waals surface area contributed by atoms with Crippen LogP contribution in [0.4, 0.5) is 17.1 Å². The minimum absolute atomic E-state index is 0.0814. The standard InChI is InChI=1S/C47H52N2/c1-9-11-15-38(10-2)48(40-24-18-34(7)19-25-40)46-42-28-22-37(33(5)6)31-45(42)47(43-29-23-36(32(3)4)30-44(43)46)49(39-16-13-12-14-17-39)41-26-20-35(8)21-27-41/h9-14,16-33,38,43-44H,2,15H2,1,3-8H3/b11-9-. The summed E-state index contributed by atoms with van der Waals surface area (Å²) in [5.74, 6) is 1.03. The zero-order chi connectivity index (χ0) is 34.7. The molecule has 0 amide bonds. The smallest absolute Gasteiger partial charge is 0.0551 e. The summed E-state index contributed by atoms with van der Waals surface area (Å²) in [6.45, 7) is 20.1. The van der Waals surface area contributed by atoms with Gasteiger partial charge in [0.15, 0.2) is 0 Å². The van der Waals surface area contributed by atoms with Gasteiger partial charge in [0.25, 0.3) is 0 Å². The number of rotatable bonds is 11. The van der Waals surface area contributed by atoms with Crippen molar-refractivity contribution in [2.24, 2.45) is 17.8 Å². The molecule has 3 unspecified atom stereocenters. The molecule has 250 valence electrons. The van der Waals surface area contributed by atoms with E-state index in [1.54, 1.807) is 0 Å². The fourth-order valence-corrected chi connectivity index (χ4v) is 7.37. The van der Waals surface area contributed by atoms with Gasteiger partial charge in [0.05, 0.1) is 6.04 Å². The van der Waals surface area contributed by atoms with E-state index in [-0.39, 0.29) is 17.9 Å². The number of anilines is 3. The Hall–Kier alpha value is -4.82. The molecule has 0 N–H and O–H groups in total. The van der Waals surface area contributed by atoms with Crippen molar-refractivity contribution < 1.29 is 0 Å². The first-order valence-electron chi connectivity index (χ1n) is 18.0. The van der Waals surface area contributed by atoms with Gasteiger partial charge in [0.2, 0.25) is 0 Å². The summed E-state index contributed by atoms with van der Waals surface area (Å²) >= 11 is 0. The lowest BCUT2D eigenvalue weighted by Gasteiger charge is -2.44. The molecule has 4 aromatic rings. The maximum absolute atomic E-state index is 4.41. The van der Waals surface area contributed by atoms with Gasteiger partial charge in [-0.3, -0.25) is 0 Å². The van der Waals surface area contributed by atoms with E-state index in [9.17, 15) is 0 Å². The summed E-state index contributed by atoms with van der Waals surface area (Å²) in [5.41, 5.74) is 11.5. The topological polar surface area (TPSA) is 6.48 Å². The first-order chi connectivity index (χ1) is 23.7. The number of allylic oxidation sites excluding steroid dienone is 3. The predicted molar refractivity (Wildman–Crippen MR) is 212 cm³/mol. The Labute approximate surface area is 294 Å². The van der Waals surface area contributed by atoms with Crippen LogP contribution in [0.1, 0.15) is 63.6 Å². The molecule has 0 fully saturated rings. The maximum Gasteiger partial charge on any atom is 0.0551 e. The first kappa shape index (κ1) is 34.1. The third-order valence-electron chi connectivity index (χ3n) is 10.2. The number of fused-ring (bicyclic) bond motifs is 2. The fourth-order valence-electron chi connectivity index (χ4n) is 7.37. The summed E-state index contributed by atoms with van der Waals surface area (Å²) in [5, 5.41) is 2.58. The SMILES string of the molecule is C=CC(C/C=C\C)N(C1=c2ccc(C(C)C)cc2=C(N(c2ccccc2)c2ccc(C)cc2)C2C=CC(C(C)C)=CC12)c1ccc(C)cc1. The molecular weight excluding hydrogens is 593 g/mol. The molecule has 0 radical (unpaired) electrons. The van der Waals surface area contributed by atoms with E-state index in [1.807, 2.05) is 0 Å². The van der Waals surface area contributed by atoms with Crippen LogP contribution in [0.2, 0.25) is 0 Å². The highest BCUT2D eigenvalue weighted by Gasteiger charge is 2.39. The number of benzene rings is 4. The zero-order valence-electron chi connectivity index (χ0n) is 30.4. The molecule has 0 aliphatic heterocycles. The van der Waals surface area contributed by atoms with Crippen molar-refractivity contribution in [2.75, 3.05) is 9.80 Å². The van der Waals surface area contributed by atoms with Gasteiger partial charge < -0.3 is 9.80 Å². The second-order valence-electron chi connectivity index (χ2n) is 14.3. The summed E-state index contributed by atoms with van der Waals surface area (Å²) in [7, 11) is 0. The van der Waals surface area contributed by atoms with Crippen LogP contribution >= 0.6 is 0 Å². The lowest BCUT2D eigenvalue weighted by Crippen LogP contribution is -2.50. The van der Waals surface area contributed by atoms with Crippen LogP contribution in [0.5, 0.6) is 0 Å². The van der Waals surface area contributed by atoms with Crippen LogP contribution < -0.4 is 20.2 Å². The average molecular weight is 645 g/mol. The van der Waals surface area contributed by atoms with Crippen molar-refractivity contribution in [2.45, 2.75) is 66.8 Å². The Morgan fingerprint density at radius 1 is 0.694 bits per heavy atom. The summed E-state index contributed by atoms with van der Waals surface area (Å²) in [6, 6.07) is 36.3. The van der Waals surface area contributed by atoms with Gasteiger partial charge in [-0.15, -0.1) is 6.58 Å². The second kappa shape index (κ2) is 14.7. The Balaban J connectivity index is 1.80. The van der Waals surface area contributed by atoms with Crippen molar-refractivity contribution in [3.8, 4) is 0 Å². The lowest BCUT2D eigenvalue weighted by atomic mass is 9.74. The second-order valence-corrected chi connectivity index (χ2v) is 14.3. The Bertz CT molecular complexity index is 1990. The van der Waals surface area contributed by atoms with E-state index >= 15 is 0 Å². The van der Waals surface area contributed by atoms with Crippen LogP contribution in [0, 0.1) is 31.6 Å². The van der Waals surface area contributed by atoms with Crippen LogP contribution in [-0.4, -0.2) is 6.04 Å². The quantitative estimate of drug-likeness (QED) is 0.150. The van der Waals surface area contributed by atoms with Crippen molar-refractivity contribution in [1.29, 1.82) is 0 Å². The number of hydrogen-bond acceptors (Lipinski definition) is 2. The molecule has 6 rings (SSSR count). The number of aryl methyl sites for hydroxylation is 2. The molecule has 0 saturated carbocycles. The highest BCUT2D eigenvalue weighted by atomic mass is 15.2. The van der Waals surface area contributed by atoms with Gasteiger partial charge in [0, 0.05) is 50.7 Å². The average Bonchev–Trinajstić information content (AvgIpc) is 3.11. The van der Waals surface area contributed by atoms with Crippen molar-refractivity contribution in [3.05, 3.63) is 173 Å². The van der Waals surface area contributed by atoms with Gasteiger partial charge >= 0.3 is 0 Å². The van der Waals surface area contributed by atoms with E-state index < -0.39 is 0 Å². The van der Waals surface area contributed by atoms with Gasteiger partial charge in [-0.1, -0.05) is 130 Å². The van der Waals surface area contributed by atoms with Gasteiger partial charge in [0.1, 0.15) is 0 Å². The van der Waals surface area contributed by atoms with Crippen LogP contribution in [0.15, 0.2) is 146 Å². The Morgan fingerprint density at radius 2 is 1.33 bits per heavy atom. The molecule has 0 heterocycles. The van der Waals surface area contributed by atoms with E-state index in [1.165, 1.54) is 61.2 Å². The molecule has 2 nitrogen and oxygen atoms in total. The molecule has 3 atom stereocenters. The van der Waals surface area contributed by atoms with Gasteiger partial charge in [-0.2, -0.15) is 0 Å². The number of hydrogen-bond donors (Lipinski definition) is 0. The normalized spacial score (nSPS) is 17.6. The van der Waals surface area contributed by atoms with Crippen molar-refractivity contribution >= 4 is 28.5 Å². The van der Waals surface area contributed by atoms with E-state index in [4.69, 9.17) is 0 Å². The maximum atomic E-state index is 4.41. The molecule has 0 saturated heterocycles. The summed E-state index contributed by atoms with van der Waals surface area (Å²) in [4.78, 5) is 5.12. The Morgan fingerprint density at radius 3 is 1.92 bits per heavy atom. The molecule has 0 spiro atoms. The molecular formula is C47H52N2. The molecule has 2 aliphatic rings. The minimum Gasteiger partial charge on any atom is -0.337 e. The zero-order valence-corrected chi connectivity index (χ0v) is 30.4. The monoisotopic (exact) mass is 644 g/mol. The molecule has 2 heteroatoms. The van der Waals surface area contributed by atoms with Crippen LogP contribution in [0.3, 0.4) is 0 Å². The summed E-state index contributed by atoms with van der Waals surface area (Å²) < 4.78 is 0. The fraction of sp³-hybridized carbons (Fsp3) is 0.277. The highest BCUT2D eigenvalue weighted by molar-refractivity contribution is 5.87. The van der Waals surface area contributed by atoms with Gasteiger partial charge in [-0.05, 0) is 92.6 Å². The van der Waals surface area contributed by atoms with E-state index in [2.05, 4.69) is 198 Å². The predicted octanol–water partition coefficient (Wildman–Crippen LogP) is 10.9. The lowest BCUT2D eigenvalue weighted by molar-refractivity contribution is 0.617. The largest absolute Gasteiger partial charge is 0.337 e.